The maximum absolute atomic E-state index is 6.03. The number of rotatable bonds is 5. The molecular formula is C16H18O2SSi. The molecule has 20 heavy (non-hydrogen) atoms. The standard InChI is InChI=1S/C16H18O2SSi/c1-20(2,12-7-4-3-5-8-12)18-11-17-16-13-9-6-10-14(19)15(13)16/h3-10,16,19H,11H2,1-2H3. The van der Waals surface area contributed by atoms with Crippen molar-refractivity contribution < 1.29 is 9.16 Å². The summed E-state index contributed by atoms with van der Waals surface area (Å²) < 4.78 is 11.9. The van der Waals surface area contributed by atoms with Crippen molar-refractivity contribution in [3.8, 4) is 0 Å². The molecule has 2 aromatic carbocycles. The number of thiol groups is 1. The van der Waals surface area contributed by atoms with Crippen LogP contribution in [0.2, 0.25) is 13.1 Å². The lowest BCUT2D eigenvalue weighted by Gasteiger charge is -2.23. The first-order valence-electron chi connectivity index (χ1n) is 6.72. The number of fused-ring (bicyclic) bond motifs is 1. The second-order valence-electron chi connectivity index (χ2n) is 5.47. The Balaban J connectivity index is 1.56. The second kappa shape index (κ2) is 5.37. The molecule has 104 valence electrons. The Hall–Kier alpha value is -1.07. The molecule has 0 saturated carbocycles. The van der Waals surface area contributed by atoms with E-state index in [0.717, 1.165) is 4.90 Å². The Kier molecular flexibility index (Phi) is 3.73. The minimum Gasteiger partial charge on any atom is -0.391 e. The van der Waals surface area contributed by atoms with Crippen LogP contribution in [0.15, 0.2) is 53.4 Å². The van der Waals surface area contributed by atoms with Crippen LogP contribution in [0, 0.1) is 0 Å². The van der Waals surface area contributed by atoms with Gasteiger partial charge in [-0.15, -0.1) is 12.6 Å². The lowest BCUT2D eigenvalue weighted by Crippen LogP contribution is -2.45. The van der Waals surface area contributed by atoms with E-state index in [4.69, 9.17) is 9.16 Å². The average Bonchev–Trinajstić information content (AvgIpc) is 3.15. The first-order chi connectivity index (χ1) is 9.59. The van der Waals surface area contributed by atoms with E-state index in [1.807, 2.05) is 18.2 Å². The zero-order valence-corrected chi connectivity index (χ0v) is 13.6. The molecule has 0 radical (unpaired) electrons. The van der Waals surface area contributed by atoms with Gasteiger partial charge in [0.25, 0.3) is 0 Å². The van der Waals surface area contributed by atoms with Crippen LogP contribution in [0.5, 0.6) is 0 Å². The summed E-state index contributed by atoms with van der Waals surface area (Å²) in [5.41, 5.74) is 2.44. The van der Waals surface area contributed by atoms with Crippen molar-refractivity contribution in [1.29, 1.82) is 0 Å². The third-order valence-electron chi connectivity index (χ3n) is 3.70. The van der Waals surface area contributed by atoms with E-state index in [2.05, 4.69) is 56.1 Å². The van der Waals surface area contributed by atoms with Gasteiger partial charge in [0.15, 0.2) is 0 Å². The molecule has 4 heteroatoms. The largest absolute Gasteiger partial charge is 0.391 e. The molecule has 0 spiro atoms. The highest BCUT2D eigenvalue weighted by molar-refractivity contribution is 7.80. The van der Waals surface area contributed by atoms with Crippen molar-refractivity contribution in [2.24, 2.45) is 0 Å². The third-order valence-corrected chi connectivity index (χ3v) is 6.65. The van der Waals surface area contributed by atoms with Crippen LogP contribution >= 0.6 is 12.6 Å². The van der Waals surface area contributed by atoms with Gasteiger partial charge in [0.2, 0.25) is 8.32 Å². The van der Waals surface area contributed by atoms with E-state index >= 15 is 0 Å². The minimum atomic E-state index is -1.88. The van der Waals surface area contributed by atoms with Gasteiger partial charge in [0.05, 0.1) is 0 Å². The number of hydrogen-bond donors (Lipinski definition) is 1. The molecule has 2 nitrogen and oxygen atoms in total. The molecule has 2 aromatic rings. The molecule has 0 saturated heterocycles. The zero-order chi connectivity index (χ0) is 14.2. The van der Waals surface area contributed by atoms with Crippen molar-refractivity contribution in [3.05, 3.63) is 59.7 Å². The Morgan fingerprint density at radius 2 is 1.80 bits per heavy atom. The first-order valence-corrected chi connectivity index (χ1v) is 10.1. The summed E-state index contributed by atoms with van der Waals surface area (Å²) in [6, 6.07) is 16.5. The second-order valence-corrected chi connectivity index (χ2v) is 9.83. The van der Waals surface area contributed by atoms with Crippen LogP contribution in [0.4, 0.5) is 0 Å². The normalized spacial score (nSPS) is 16.9. The predicted octanol–water partition coefficient (Wildman–Crippen LogP) is 3.48. The van der Waals surface area contributed by atoms with Crippen LogP contribution in [0.1, 0.15) is 17.2 Å². The summed E-state index contributed by atoms with van der Waals surface area (Å²) in [7, 11) is -1.88. The van der Waals surface area contributed by atoms with Crippen LogP contribution in [-0.2, 0) is 9.16 Å². The van der Waals surface area contributed by atoms with Crippen molar-refractivity contribution in [2.75, 3.05) is 6.79 Å². The summed E-state index contributed by atoms with van der Waals surface area (Å²) in [5.74, 6) is 0. The molecule has 3 rings (SSSR count). The third kappa shape index (κ3) is 2.69. The molecule has 0 bridgehead atoms. The highest BCUT2D eigenvalue weighted by Crippen LogP contribution is 2.47. The molecule has 1 aliphatic rings. The fraction of sp³-hybridized carbons (Fsp3) is 0.250. The quantitative estimate of drug-likeness (QED) is 0.518. The van der Waals surface area contributed by atoms with E-state index < -0.39 is 8.32 Å². The smallest absolute Gasteiger partial charge is 0.221 e. The molecule has 1 atom stereocenters. The van der Waals surface area contributed by atoms with Gasteiger partial charge in [0, 0.05) is 10.5 Å². The minimum absolute atomic E-state index is 0.0815. The highest BCUT2D eigenvalue weighted by Gasteiger charge is 2.36. The van der Waals surface area contributed by atoms with Crippen LogP contribution in [0.3, 0.4) is 0 Å². The Labute approximate surface area is 126 Å². The molecule has 0 amide bonds. The first kappa shape index (κ1) is 13.9. The van der Waals surface area contributed by atoms with E-state index in [0.29, 0.717) is 6.79 Å². The maximum Gasteiger partial charge on any atom is 0.221 e. The number of ether oxygens (including phenoxy) is 1. The van der Waals surface area contributed by atoms with E-state index in [1.165, 1.54) is 16.3 Å². The molecule has 0 aliphatic heterocycles. The van der Waals surface area contributed by atoms with Gasteiger partial charge in [-0.1, -0.05) is 42.5 Å². The van der Waals surface area contributed by atoms with E-state index in [-0.39, 0.29) is 6.10 Å². The Morgan fingerprint density at radius 3 is 2.50 bits per heavy atom. The van der Waals surface area contributed by atoms with E-state index in [1.54, 1.807) is 0 Å². The van der Waals surface area contributed by atoms with Gasteiger partial charge in [-0.25, -0.2) is 0 Å². The van der Waals surface area contributed by atoms with Gasteiger partial charge in [-0.3, -0.25) is 0 Å². The summed E-state index contributed by atoms with van der Waals surface area (Å²) in [5, 5.41) is 1.28. The molecule has 0 heterocycles. The molecular weight excluding hydrogens is 284 g/mol. The van der Waals surface area contributed by atoms with Crippen molar-refractivity contribution >= 4 is 26.1 Å². The molecule has 1 unspecified atom stereocenters. The van der Waals surface area contributed by atoms with Gasteiger partial charge >= 0.3 is 0 Å². The fourth-order valence-corrected chi connectivity index (χ4v) is 4.21. The highest BCUT2D eigenvalue weighted by atomic mass is 32.1. The topological polar surface area (TPSA) is 18.5 Å². The molecule has 0 fully saturated rings. The fourth-order valence-electron chi connectivity index (χ4n) is 2.35. The summed E-state index contributed by atoms with van der Waals surface area (Å²) in [4.78, 5) is 1.01. The number of benzene rings is 2. The molecule has 0 aromatic heterocycles. The van der Waals surface area contributed by atoms with Crippen molar-refractivity contribution in [1.82, 2.24) is 0 Å². The maximum atomic E-state index is 6.03. The molecule has 1 aliphatic carbocycles. The molecule has 0 N–H and O–H groups in total. The number of hydrogen-bond acceptors (Lipinski definition) is 3. The van der Waals surface area contributed by atoms with Crippen LogP contribution in [0.25, 0.3) is 0 Å². The van der Waals surface area contributed by atoms with E-state index in [9.17, 15) is 0 Å². The monoisotopic (exact) mass is 302 g/mol. The summed E-state index contributed by atoms with van der Waals surface area (Å²) >= 11 is 4.43. The lowest BCUT2D eigenvalue weighted by molar-refractivity contribution is -0.00589. The summed E-state index contributed by atoms with van der Waals surface area (Å²) in [6.07, 6.45) is 0.0815. The van der Waals surface area contributed by atoms with Crippen LogP contribution < -0.4 is 5.19 Å². The van der Waals surface area contributed by atoms with Crippen LogP contribution in [-0.4, -0.2) is 15.1 Å². The van der Waals surface area contributed by atoms with Gasteiger partial charge in [-0.05, 0) is 29.9 Å². The van der Waals surface area contributed by atoms with Gasteiger partial charge in [0.1, 0.15) is 12.9 Å². The Morgan fingerprint density at radius 1 is 1.05 bits per heavy atom. The van der Waals surface area contributed by atoms with Crippen molar-refractivity contribution in [2.45, 2.75) is 24.1 Å². The zero-order valence-electron chi connectivity index (χ0n) is 11.7. The SMILES string of the molecule is C[Si](C)(OCOC1c2cccc(S)c21)c1ccccc1. The van der Waals surface area contributed by atoms with Gasteiger partial charge < -0.3 is 9.16 Å². The summed E-state index contributed by atoms with van der Waals surface area (Å²) in [6.45, 7) is 4.71. The van der Waals surface area contributed by atoms with Crippen molar-refractivity contribution in [3.63, 3.8) is 0 Å². The average molecular weight is 302 g/mol. The predicted molar refractivity (Wildman–Crippen MR) is 86.1 cm³/mol. The van der Waals surface area contributed by atoms with Gasteiger partial charge in [-0.2, -0.15) is 0 Å². The lowest BCUT2D eigenvalue weighted by atomic mass is 10.4. The Bertz CT molecular complexity index is 613.